The van der Waals surface area contributed by atoms with E-state index in [4.69, 9.17) is 4.74 Å². The van der Waals surface area contributed by atoms with Crippen LogP contribution in [0.3, 0.4) is 0 Å². The van der Waals surface area contributed by atoms with Crippen molar-refractivity contribution in [2.24, 2.45) is 0 Å². The Morgan fingerprint density at radius 2 is 1.38 bits per heavy atom. The van der Waals surface area contributed by atoms with Gasteiger partial charge in [0.05, 0.1) is 41.8 Å². The number of nitrogens with zero attached hydrogens (tertiary/aromatic N) is 3. The van der Waals surface area contributed by atoms with Crippen molar-refractivity contribution in [1.82, 2.24) is 15.2 Å². The molecule has 0 radical (unpaired) electrons. The summed E-state index contributed by atoms with van der Waals surface area (Å²) in [7, 11) is 1.64. The van der Waals surface area contributed by atoms with Crippen molar-refractivity contribution >= 4 is 28.9 Å². The van der Waals surface area contributed by atoms with Gasteiger partial charge < -0.3 is 15.4 Å². The lowest BCUT2D eigenvalue weighted by Crippen LogP contribution is -2.21. The number of aromatic nitrogens is 3. The second kappa shape index (κ2) is 11.0. The number of urea groups is 1. The lowest BCUT2D eigenvalue weighted by Gasteiger charge is -2.14. The third-order valence-corrected chi connectivity index (χ3v) is 5.58. The number of pyridine rings is 1. The van der Waals surface area contributed by atoms with Crippen LogP contribution < -0.4 is 20.7 Å². The molecule has 8 heteroatoms. The van der Waals surface area contributed by atoms with Gasteiger partial charge in [0.2, 0.25) is 0 Å². The molecule has 0 saturated heterocycles. The number of nitrogens with one attached hydrogen (secondary N) is 3. The SMILES string of the molecule is COc1ccc(-c2ccc(Nc3ccccc3NC(=O)Nc3ccc(-c4ccccc4)nn3)cn2)cc1. The first-order valence-electron chi connectivity index (χ1n) is 11.6. The van der Waals surface area contributed by atoms with Gasteiger partial charge in [-0.05, 0) is 60.7 Å². The molecule has 0 aliphatic rings. The van der Waals surface area contributed by atoms with Gasteiger partial charge in [-0.1, -0.05) is 42.5 Å². The average molecular weight is 489 g/mol. The van der Waals surface area contributed by atoms with E-state index in [0.29, 0.717) is 11.5 Å². The van der Waals surface area contributed by atoms with Gasteiger partial charge >= 0.3 is 6.03 Å². The molecule has 37 heavy (non-hydrogen) atoms. The second-order valence-electron chi connectivity index (χ2n) is 8.08. The highest BCUT2D eigenvalue weighted by molar-refractivity contribution is 6.01. The molecular formula is C29H24N6O2. The minimum atomic E-state index is -0.427. The van der Waals surface area contributed by atoms with Crippen LogP contribution in [0.5, 0.6) is 5.75 Å². The third kappa shape index (κ3) is 5.88. The van der Waals surface area contributed by atoms with E-state index in [1.54, 1.807) is 19.4 Å². The number of benzene rings is 3. The van der Waals surface area contributed by atoms with E-state index in [9.17, 15) is 4.79 Å². The fourth-order valence-corrected chi connectivity index (χ4v) is 3.69. The summed E-state index contributed by atoms with van der Waals surface area (Å²) in [6, 6.07) is 31.9. The monoisotopic (exact) mass is 488 g/mol. The summed E-state index contributed by atoms with van der Waals surface area (Å²) in [6.07, 6.45) is 1.75. The number of rotatable bonds is 7. The molecule has 5 aromatic rings. The molecule has 2 heterocycles. The number of amides is 2. The van der Waals surface area contributed by atoms with Crippen LogP contribution in [0.15, 0.2) is 109 Å². The molecule has 0 aliphatic carbocycles. The summed E-state index contributed by atoms with van der Waals surface area (Å²) in [6.45, 7) is 0. The van der Waals surface area contributed by atoms with Crippen LogP contribution in [-0.2, 0) is 0 Å². The molecule has 5 rings (SSSR count). The van der Waals surface area contributed by atoms with Crippen LogP contribution in [-0.4, -0.2) is 28.3 Å². The number of carbonyl (C=O) groups excluding carboxylic acids is 1. The van der Waals surface area contributed by atoms with Gasteiger partial charge in [-0.25, -0.2) is 4.79 Å². The van der Waals surface area contributed by atoms with Gasteiger partial charge in [-0.15, -0.1) is 10.2 Å². The molecular weight excluding hydrogens is 464 g/mol. The Bertz CT molecular complexity index is 1470. The normalized spacial score (nSPS) is 10.4. The Balaban J connectivity index is 1.23. The van der Waals surface area contributed by atoms with E-state index in [2.05, 4.69) is 31.1 Å². The molecule has 2 amide bonds. The Kier molecular flexibility index (Phi) is 6.99. The Morgan fingerprint density at radius 3 is 2.05 bits per heavy atom. The van der Waals surface area contributed by atoms with Crippen LogP contribution >= 0.6 is 0 Å². The molecule has 3 aromatic carbocycles. The summed E-state index contributed by atoms with van der Waals surface area (Å²) in [4.78, 5) is 17.2. The van der Waals surface area contributed by atoms with Crippen molar-refractivity contribution in [1.29, 1.82) is 0 Å². The lowest BCUT2D eigenvalue weighted by atomic mass is 10.1. The minimum absolute atomic E-state index is 0.348. The highest BCUT2D eigenvalue weighted by atomic mass is 16.5. The van der Waals surface area contributed by atoms with Gasteiger partial charge in [0.15, 0.2) is 5.82 Å². The zero-order valence-corrected chi connectivity index (χ0v) is 20.1. The Labute approximate surface area is 214 Å². The molecule has 0 saturated carbocycles. The highest BCUT2D eigenvalue weighted by Crippen LogP contribution is 2.27. The van der Waals surface area contributed by atoms with E-state index < -0.39 is 6.03 Å². The zero-order chi connectivity index (χ0) is 25.5. The van der Waals surface area contributed by atoms with Crippen molar-refractivity contribution in [3.8, 4) is 28.3 Å². The maximum Gasteiger partial charge on any atom is 0.324 e. The maximum absolute atomic E-state index is 12.6. The molecule has 0 aliphatic heterocycles. The van der Waals surface area contributed by atoms with Crippen LogP contribution in [0.4, 0.5) is 27.7 Å². The van der Waals surface area contributed by atoms with Gasteiger partial charge in [0.1, 0.15) is 5.75 Å². The number of anilines is 4. The predicted octanol–water partition coefficient (Wildman–Crippen LogP) is 6.60. The zero-order valence-electron chi connectivity index (χ0n) is 20.1. The van der Waals surface area contributed by atoms with E-state index in [-0.39, 0.29) is 0 Å². The Hall–Kier alpha value is -5.24. The van der Waals surface area contributed by atoms with Gasteiger partial charge in [0, 0.05) is 11.1 Å². The van der Waals surface area contributed by atoms with E-state index in [1.807, 2.05) is 97.1 Å². The second-order valence-corrected chi connectivity index (χ2v) is 8.08. The van der Waals surface area contributed by atoms with E-state index >= 15 is 0 Å². The minimum Gasteiger partial charge on any atom is -0.497 e. The first kappa shape index (κ1) is 23.5. The summed E-state index contributed by atoms with van der Waals surface area (Å²) in [5.41, 5.74) is 5.64. The number of hydrogen-bond donors (Lipinski definition) is 3. The first-order chi connectivity index (χ1) is 18.2. The number of ether oxygens (including phenoxy) is 1. The molecule has 0 atom stereocenters. The molecule has 0 unspecified atom stereocenters. The third-order valence-electron chi connectivity index (χ3n) is 5.58. The van der Waals surface area contributed by atoms with Gasteiger partial charge in [-0.2, -0.15) is 0 Å². The molecule has 3 N–H and O–H groups in total. The van der Waals surface area contributed by atoms with Gasteiger partial charge in [0.25, 0.3) is 0 Å². The number of carbonyl (C=O) groups is 1. The summed E-state index contributed by atoms with van der Waals surface area (Å²) in [5.74, 6) is 1.15. The van der Waals surface area contributed by atoms with Crippen LogP contribution in [0.25, 0.3) is 22.5 Å². The fraction of sp³-hybridized carbons (Fsp3) is 0.0345. The van der Waals surface area contributed by atoms with Crippen molar-refractivity contribution in [2.75, 3.05) is 23.1 Å². The van der Waals surface area contributed by atoms with Crippen molar-refractivity contribution in [2.45, 2.75) is 0 Å². The van der Waals surface area contributed by atoms with Crippen molar-refractivity contribution in [3.63, 3.8) is 0 Å². The van der Waals surface area contributed by atoms with E-state index in [1.165, 1.54) is 0 Å². The van der Waals surface area contributed by atoms with Crippen molar-refractivity contribution in [3.05, 3.63) is 109 Å². The Morgan fingerprint density at radius 1 is 0.676 bits per heavy atom. The number of para-hydroxylation sites is 2. The van der Waals surface area contributed by atoms with Crippen LogP contribution in [0.2, 0.25) is 0 Å². The van der Waals surface area contributed by atoms with Gasteiger partial charge in [-0.3, -0.25) is 10.3 Å². The predicted molar refractivity (Wildman–Crippen MR) is 146 cm³/mol. The average Bonchev–Trinajstić information content (AvgIpc) is 2.95. The summed E-state index contributed by atoms with van der Waals surface area (Å²) >= 11 is 0. The maximum atomic E-state index is 12.6. The largest absolute Gasteiger partial charge is 0.497 e. The quantitative estimate of drug-likeness (QED) is 0.239. The lowest BCUT2D eigenvalue weighted by molar-refractivity contribution is 0.262. The number of hydrogen-bond acceptors (Lipinski definition) is 6. The smallest absolute Gasteiger partial charge is 0.324 e. The molecule has 0 bridgehead atoms. The van der Waals surface area contributed by atoms with Crippen LogP contribution in [0.1, 0.15) is 0 Å². The standard InChI is InChI=1S/C29H24N6O2/c1-37-23-14-11-21(12-15-23)24-16-13-22(19-30-24)31-26-9-5-6-10-27(26)32-29(36)33-28-18-17-25(34-35-28)20-7-3-2-4-8-20/h2-19,31H,1H3,(H2,32,33,35,36). The summed E-state index contributed by atoms with van der Waals surface area (Å²) < 4.78 is 5.21. The van der Waals surface area contributed by atoms with Crippen molar-refractivity contribution < 1.29 is 9.53 Å². The summed E-state index contributed by atoms with van der Waals surface area (Å²) in [5, 5.41) is 17.2. The molecule has 2 aromatic heterocycles. The molecule has 0 spiro atoms. The number of methoxy groups -OCH3 is 1. The highest BCUT2D eigenvalue weighted by Gasteiger charge is 2.09. The molecule has 8 nitrogen and oxygen atoms in total. The fourth-order valence-electron chi connectivity index (χ4n) is 3.69. The topological polar surface area (TPSA) is 101 Å². The molecule has 182 valence electrons. The molecule has 0 fully saturated rings. The van der Waals surface area contributed by atoms with Crippen LogP contribution in [0, 0.1) is 0 Å². The first-order valence-corrected chi connectivity index (χ1v) is 11.6. The van der Waals surface area contributed by atoms with E-state index in [0.717, 1.165) is 39.6 Å².